The van der Waals surface area contributed by atoms with Crippen LogP contribution in [-0.4, -0.2) is 62.3 Å². The minimum absolute atomic E-state index is 0.642. The lowest BCUT2D eigenvalue weighted by Crippen LogP contribution is -2.17. The van der Waals surface area contributed by atoms with Gasteiger partial charge in [0.1, 0.15) is 5.82 Å². The monoisotopic (exact) mass is 267 g/mol. The number of hydrogen-bond donors (Lipinski definition) is 2. The molecule has 0 unspecified atom stereocenters. The molecule has 0 bridgehead atoms. The first-order chi connectivity index (χ1) is 9.11. The van der Waals surface area contributed by atoms with E-state index in [-0.39, 0.29) is 0 Å². The van der Waals surface area contributed by atoms with Gasteiger partial charge in [0.05, 0.1) is 6.61 Å². The van der Waals surface area contributed by atoms with Gasteiger partial charge in [-0.25, -0.2) is 4.98 Å². The second kappa shape index (κ2) is 8.66. The molecule has 0 amide bonds. The van der Waals surface area contributed by atoms with Crippen LogP contribution in [0.1, 0.15) is 12.1 Å². The Kier molecular flexibility index (Phi) is 7.14. The Hall–Kier alpha value is -1.40. The van der Waals surface area contributed by atoms with Gasteiger partial charge in [0, 0.05) is 32.0 Å². The van der Waals surface area contributed by atoms with Crippen molar-refractivity contribution in [3.8, 4) is 0 Å². The molecule has 1 rings (SSSR count). The molecule has 0 aliphatic carbocycles. The number of aromatic nitrogens is 2. The van der Waals surface area contributed by atoms with Crippen LogP contribution < -0.4 is 10.6 Å². The van der Waals surface area contributed by atoms with Gasteiger partial charge < -0.3 is 20.3 Å². The van der Waals surface area contributed by atoms with Crippen LogP contribution in [0.3, 0.4) is 0 Å². The molecule has 6 heteroatoms. The first kappa shape index (κ1) is 15.7. The van der Waals surface area contributed by atoms with Crippen LogP contribution in [0.4, 0.5) is 11.8 Å². The molecular formula is C13H25N5O. The van der Waals surface area contributed by atoms with E-state index in [0.717, 1.165) is 31.0 Å². The fourth-order valence-electron chi connectivity index (χ4n) is 1.61. The van der Waals surface area contributed by atoms with Crippen molar-refractivity contribution in [1.29, 1.82) is 0 Å². The highest BCUT2D eigenvalue weighted by molar-refractivity contribution is 5.42. The molecule has 1 aromatic rings. The molecule has 0 atom stereocenters. The number of methoxy groups -OCH3 is 1. The van der Waals surface area contributed by atoms with Crippen molar-refractivity contribution in [3.05, 3.63) is 11.8 Å². The summed E-state index contributed by atoms with van der Waals surface area (Å²) in [5.41, 5.74) is 0.949. The zero-order valence-corrected chi connectivity index (χ0v) is 12.4. The summed E-state index contributed by atoms with van der Waals surface area (Å²) in [5.74, 6) is 1.51. The van der Waals surface area contributed by atoms with E-state index >= 15 is 0 Å². The van der Waals surface area contributed by atoms with Crippen molar-refractivity contribution < 1.29 is 4.74 Å². The Balaban J connectivity index is 2.44. The highest BCUT2D eigenvalue weighted by Gasteiger charge is 2.01. The van der Waals surface area contributed by atoms with Crippen LogP contribution in [0.2, 0.25) is 0 Å². The highest BCUT2D eigenvalue weighted by atomic mass is 16.5. The van der Waals surface area contributed by atoms with Crippen LogP contribution in [0.15, 0.2) is 6.07 Å². The standard InChI is InChI=1S/C13H25N5O/c1-11-10-12(14-6-5-8-18(2)3)17-13(16-11)15-7-9-19-4/h10H,5-9H2,1-4H3,(H2,14,15,16,17). The van der Waals surface area contributed by atoms with E-state index in [9.17, 15) is 0 Å². The predicted octanol–water partition coefficient (Wildman–Crippen LogP) is 1.21. The summed E-state index contributed by atoms with van der Waals surface area (Å²) in [6.45, 7) is 5.29. The molecule has 0 aromatic carbocycles. The molecular weight excluding hydrogens is 242 g/mol. The maximum absolute atomic E-state index is 4.99. The van der Waals surface area contributed by atoms with E-state index in [1.807, 2.05) is 13.0 Å². The third kappa shape index (κ3) is 6.93. The van der Waals surface area contributed by atoms with Gasteiger partial charge in [-0.1, -0.05) is 0 Å². The Morgan fingerprint density at radius 2 is 2.00 bits per heavy atom. The molecule has 2 N–H and O–H groups in total. The number of rotatable bonds is 9. The summed E-state index contributed by atoms with van der Waals surface area (Å²) in [6.07, 6.45) is 1.09. The number of nitrogens with zero attached hydrogens (tertiary/aromatic N) is 3. The van der Waals surface area contributed by atoms with Crippen molar-refractivity contribution in [3.63, 3.8) is 0 Å². The maximum atomic E-state index is 4.99. The van der Waals surface area contributed by atoms with Crippen LogP contribution in [0.5, 0.6) is 0 Å². The van der Waals surface area contributed by atoms with Crippen LogP contribution in [-0.2, 0) is 4.74 Å². The summed E-state index contributed by atoms with van der Waals surface area (Å²) in [4.78, 5) is 10.9. The summed E-state index contributed by atoms with van der Waals surface area (Å²) < 4.78 is 4.99. The Morgan fingerprint density at radius 1 is 1.21 bits per heavy atom. The van der Waals surface area contributed by atoms with Gasteiger partial charge in [0.15, 0.2) is 0 Å². The van der Waals surface area contributed by atoms with E-state index in [0.29, 0.717) is 19.1 Å². The quantitative estimate of drug-likeness (QED) is 0.656. The van der Waals surface area contributed by atoms with Crippen LogP contribution in [0, 0.1) is 6.92 Å². The van der Waals surface area contributed by atoms with Gasteiger partial charge in [-0.3, -0.25) is 0 Å². The summed E-state index contributed by atoms with van der Waals surface area (Å²) >= 11 is 0. The van der Waals surface area contributed by atoms with E-state index in [1.165, 1.54) is 0 Å². The van der Waals surface area contributed by atoms with Crippen molar-refractivity contribution in [2.45, 2.75) is 13.3 Å². The van der Waals surface area contributed by atoms with E-state index in [1.54, 1.807) is 7.11 Å². The summed E-state index contributed by atoms with van der Waals surface area (Å²) in [7, 11) is 5.83. The maximum Gasteiger partial charge on any atom is 0.224 e. The number of hydrogen-bond acceptors (Lipinski definition) is 6. The average Bonchev–Trinajstić information content (AvgIpc) is 2.34. The van der Waals surface area contributed by atoms with Gasteiger partial charge in [-0.05, 0) is 34.0 Å². The topological polar surface area (TPSA) is 62.3 Å². The first-order valence-corrected chi connectivity index (χ1v) is 6.59. The van der Waals surface area contributed by atoms with Crippen molar-refractivity contribution in [2.75, 3.05) is 58.1 Å². The molecule has 108 valence electrons. The van der Waals surface area contributed by atoms with Gasteiger partial charge in [0.2, 0.25) is 5.95 Å². The lowest BCUT2D eigenvalue weighted by molar-refractivity contribution is 0.210. The molecule has 0 fully saturated rings. The minimum Gasteiger partial charge on any atom is -0.383 e. The Labute approximate surface area is 115 Å². The molecule has 0 aliphatic rings. The fourth-order valence-corrected chi connectivity index (χ4v) is 1.61. The molecule has 0 spiro atoms. The zero-order valence-electron chi connectivity index (χ0n) is 12.4. The average molecular weight is 267 g/mol. The lowest BCUT2D eigenvalue weighted by atomic mass is 10.4. The van der Waals surface area contributed by atoms with Gasteiger partial charge in [-0.15, -0.1) is 0 Å². The molecule has 6 nitrogen and oxygen atoms in total. The summed E-state index contributed by atoms with van der Waals surface area (Å²) in [5, 5.41) is 6.46. The second-order valence-electron chi connectivity index (χ2n) is 4.72. The first-order valence-electron chi connectivity index (χ1n) is 6.59. The molecule has 19 heavy (non-hydrogen) atoms. The molecule has 0 aliphatic heterocycles. The van der Waals surface area contributed by atoms with Crippen LogP contribution in [0.25, 0.3) is 0 Å². The van der Waals surface area contributed by atoms with Gasteiger partial charge in [-0.2, -0.15) is 4.98 Å². The highest BCUT2D eigenvalue weighted by Crippen LogP contribution is 2.09. The summed E-state index contributed by atoms with van der Waals surface area (Å²) in [6, 6.07) is 1.96. The molecule has 1 aromatic heterocycles. The van der Waals surface area contributed by atoms with Gasteiger partial charge in [0.25, 0.3) is 0 Å². The smallest absolute Gasteiger partial charge is 0.224 e. The second-order valence-corrected chi connectivity index (χ2v) is 4.72. The molecule has 1 heterocycles. The number of aryl methyl sites for hydroxylation is 1. The molecule has 0 saturated heterocycles. The zero-order chi connectivity index (χ0) is 14.1. The molecule has 0 saturated carbocycles. The Morgan fingerprint density at radius 3 is 2.68 bits per heavy atom. The van der Waals surface area contributed by atoms with Crippen molar-refractivity contribution in [2.24, 2.45) is 0 Å². The predicted molar refractivity (Wildman–Crippen MR) is 78.8 cm³/mol. The van der Waals surface area contributed by atoms with E-state index < -0.39 is 0 Å². The number of ether oxygens (including phenoxy) is 1. The number of anilines is 2. The van der Waals surface area contributed by atoms with E-state index in [4.69, 9.17) is 4.74 Å². The Bertz CT molecular complexity index is 370. The van der Waals surface area contributed by atoms with E-state index in [2.05, 4.69) is 39.6 Å². The van der Waals surface area contributed by atoms with Crippen molar-refractivity contribution in [1.82, 2.24) is 14.9 Å². The van der Waals surface area contributed by atoms with Crippen molar-refractivity contribution >= 4 is 11.8 Å². The van der Waals surface area contributed by atoms with Crippen LogP contribution >= 0.6 is 0 Å². The largest absolute Gasteiger partial charge is 0.383 e. The normalized spacial score (nSPS) is 10.8. The fraction of sp³-hybridized carbons (Fsp3) is 0.692. The lowest BCUT2D eigenvalue weighted by Gasteiger charge is -2.11. The number of nitrogens with one attached hydrogen (secondary N) is 2. The minimum atomic E-state index is 0.642. The molecule has 0 radical (unpaired) electrons. The van der Waals surface area contributed by atoms with Gasteiger partial charge >= 0.3 is 0 Å². The SMILES string of the molecule is COCCNc1nc(C)cc(NCCCN(C)C)n1. The third-order valence-electron chi connectivity index (χ3n) is 2.53. The third-order valence-corrected chi connectivity index (χ3v) is 2.53.